The highest BCUT2D eigenvalue weighted by molar-refractivity contribution is 5.95. The fraction of sp³-hybridized carbons (Fsp3) is 0.0588. The minimum Gasteiger partial charge on any atom is -0.433 e. The fourth-order valence-corrected chi connectivity index (χ4v) is 2.00. The minimum absolute atomic E-state index is 0.360. The first kappa shape index (κ1) is 13.1. The monoisotopic (exact) mass is 278 g/mol. The number of hydrogen-bond acceptors (Lipinski definition) is 4. The van der Waals surface area contributed by atoms with Gasteiger partial charge in [0.2, 0.25) is 0 Å². The molecule has 1 aliphatic rings. The van der Waals surface area contributed by atoms with Gasteiger partial charge in [0.15, 0.2) is 6.23 Å². The van der Waals surface area contributed by atoms with Crippen molar-refractivity contribution in [1.82, 2.24) is 10.3 Å². The second-order valence-corrected chi connectivity index (χ2v) is 4.58. The molecule has 2 heterocycles. The molecule has 4 heteroatoms. The molecule has 2 aromatic rings. The van der Waals surface area contributed by atoms with E-state index in [2.05, 4.69) is 10.3 Å². The standard InChI is InChI=1S/C17H14N2O2/c20-17-15(11-14-7-4-10-18-12-14)19-16(21-17)9-8-13-5-2-1-3-6-13/h1-12,16,19H/b9-8+,15-11-. The second-order valence-electron chi connectivity index (χ2n) is 4.58. The van der Waals surface area contributed by atoms with Crippen molar-refractivity contribution < 1.29 is 9.53 Å². The second kappa shape index (κ2) is 6.05. The number of nitrogens with one attached hydrogen (secondary N) is 1. The Labute approximate surface area is 122 Å². The van der Waals surface area contributed by atoms with E-state index < -0.39 is 6.23 Å². The van der Waals surface area contributed by atoms with Gasteiger partial charge < -0.3 is 10.1 Å². The molecule has 1 fully saturated rings. The Morgan fingerprint density at radius 3 is 2.67 bits per heavy atom. The van der Waals surface area contributed by atoms with Gasteiger partial charge in [-0.15, -0.1) is 0 Å². The maximum atomic E-state index is 11.8. The number of rotatable bonds is 3. The van der Waals surface area contributed by atoms with Crippen LogP contribution in [0.4, 0.5) is 0 Å². The first-order chi connectivity index (χ1) is 10.3. The Hall–Kier alpha value is -2.88. The molecule has 1 unspecified atom stereocenters. The van der Waals surface area contributed by atoms with Gasteiger partial charge in [0, 0.05) is 12.4 Å². The lowest BCUT2D eigenvalue weighted by atomic mass is 10.2. The van der Waals surface area contributed by atoms with Crippen molar-refractivity contribution >= 4 is 18.1 Å². The number of aromatic nitrogens is 1. The normalized spacial score (nSPS) is 19.7. The molecule has 104 valence electrons. The van der Waals surface area contributed by atoms with Crippen LogP contribution in [0.5, 0.6) is 0 Å². The minimum atomic E-state index is -0.444. The van der Waals surface area contributed by atoms with Gasteiger partial charge in [-0.05, 0) is 29.3 Å². The van der Waals surface area contributed by atoms with Crippen LogP contribution in [0.15, 0.2) is 66.6 Å². The average Bonchev–Trinajstić information content (AvgIpc) is 2.87. The first-order valence-electron chi connectivity index (χ1n) is 6.64. The van der Waals surface area contributed by atoms with Crippen LogP contribution in [-0.2, 0) is 9.53 Å². The van der Waals surface area contributed by atoms with Gasteiger partial charge in [-0.2, -0.15) is 0 Å². The number of cyclic esters (lactones) is 1. The van der Waals surface area contributed by atoms with Gasteiger partial charge in [0.1, 0.15) is 5.70 Å². The summed E-state index contributed by atoms with van der Waals surface area (Å²) in [5.74, 6) is -0.360. The summed E-state index contributed by atoms with van der Waals surface area (Å²) in [6.45, 7) is 0. The molecule has 1 aromatic heterocycles. The Kier molecular flexibility index (Phi) is 3.78. The zero-order valence-electron chi connectivity index (χ0n) is 11.3. The summed E-state index contributed by atoms with van der Waals surface area (Å²) in [5, 5.41) is 3.03. The van der Waals surface area contributed by atoms with Crippen molar-refractivity contribution in [2.24, 2.45) is 0 Å². The molecular weight excluding hydrogens is 264 g/mol. The van der Waals surface area contributed by atoms with Gasteiger partial charge in [0.05, 0.1) is 0 Å². The van der Waals surface area contributed by atoms with Crippen LogP contribution in [0.2, 0.25) is 0 Å². The summed E-state index contributed by atoms with van der Waals surface area (Å²) in [7, 11) is 0. The Balaban J connectivity index is 1.70. The van der Waals surface area contributed by atoms with Crippen molar-refractivity contribution in [3.63, 3.8) is 0 Å². The third kappa shape index (κ3) is 3.36. The molecular formula is C17H14N2O2. The van der Waals surface area contributed by atoms with Crippen molar-refractivity contribution in [2.75, 3.05) is 0 Å². The largest absolute Gasteiger partial charge is 0.433 e. The van der Waals surface area contributed by atoms with Crippen LogP contribution in [0, 0.1) is 0 Å². The summed E-state index contributed by atoms with van der Waals surface area (Å²) >= 11 is 0. The van der Waals surface area contributed by atoms with Crippen molar-refractivity contribution in [3.8, 4) is 0 Å². The number of carbonyl (C=O) groups excluding carboxylic acids is 1. The number of ether oxygens (including phenoxy) is 1. The van der Waals surface area contributed by atoms with Crippen molar-refractivity contribution in [1.29, 1.82) is 0 Å². The molecule has 3 rings (SSSR count). The molecule has 0 bridgehead atoms. The lowest BCUT2D eigenvalue weighted by molar-refractivity contribution is -0.137. The van der Waals surface area contributed by atoms with Crippen molar-refractivity contribution in [3.05, 3.63) is 77.8 Å². The fourth-order valence-electron chi connectivity index (χ4n) is 2.00. The average molecular weight is 278 g/mol. The Morgan fingerprint density at radius 1 is 1.10 bits per heavy atom. The number of hydrogen-bond donors (Lipinski definition) is 1. The van der Waals surface area contributed by atoms with Crippen molar-refractivity contribution in [2.45, 2.75) is 6.23 Å². The zero-order chi connectivity index (χ0) is 14.5. The number of esters is 1. The highest BCUT2D eigenvalue weighted by Crippen LogP contribution is 2.14. The molecule has 0 amide bonds. The van der Waals surface area contributed by atoms with E-state index in [4.69, 9.17) is 4.74 Å². The predicted molar refractivity (Wildman–Crippen MR) is 80.7 cm³/mol. The van der Waals surface area contributed by atoms with Gasteiger partial charge in [-0.3, -0.25) is 4.98 Å². The summed E-state index contributed by atoms with van der Waals surface area (Å²) in [4.78, 5) is 15.8. The number of benzene rings is 1. The highest BCUT2D eigenvalue weighted by atomic mass is 16.6. The molecule has 0 saturated carbocycles. The van der Waals surface area contributed by atoms with Crippen LogP contribution < -0.4 is 5.32 Å². The molecule has 21 heavy (non-hydrogen) atoms. The zero-order valence-corrected chi connectivity index (χ0v) is 11.3. The third-order valence-corrected chi connectivity index (χ3v) is 3.01. The van der Waals surface area contributed by atoms with E-state index in [9.17, 15) is 4.79 Å². The predicted octanol–water partition coefficient (Wildman–Crippen LogP) is 2.61. The van der Waals surface area contributed by atoms with Gasteiger partial charge in [0.25, 0.3) is 0 Å². The Bertz CT molecular complexity index is 678. The number of nitrogens with zero attached hydrogens (tertiary/aromatic N) is 1. The third-order valence-electron chi connectivity index (χ3n) is 3.01. The van der Waals surface area contributed by atoms with E-state index in [-0.39, 0.29) is 5.97 Å². The van der Waals surface area contributed by atoms with Gasteiger partial charge >= 0.3 is 5.97 Å². The molecule has 0 aliphatic carbocycles. The van der Waals surface area contributed by atoms with Crippen LogP contribution in [0.3, 0.4) is 0 Å². The highest BCUT2D eigenvalue weighted by Gasteiger charge is 2.25. The van der Waals surface area contributed by atoms with Gasteiger partial charge in [-0.1, -0.05) is 42.5 Å². The molecule has 0 radical (unpaired) electrons. The van der Waals surface area contributed by atoms with E-state index in [0.29, 0.717) is 5.70 Å². The van der Waals surface area contributed by atoms with E-state index in [1.165, 1.54) is 0 Å². The lowest BCUT2D eigenvalue weighted by Crippen LogP contribution is -2.18. The van der Waals surface area contributed by atoms with Crippen LogP contribution in [0.25, 0.3) is 12.2 Å². The molecule has 1 atom stereocenters. The molecule has 1 N–H and O–H groups in total. The van der Waals surface area contributed by atoms with Gasteiger partial charge in [-0.25, -0.2) is 4.79 Å². The topological polar surface area (TPSA) is 51.2 Å². The maximum Gasteiger partial charge on any atom is 0.356 e. The smallest absolute Gasteiger partial charge is 0.356 e. The SMILES string of the molecule is O=C1OC(/C=C/c2ccccc2)N/C1=C\c1cccnc1. The first-order valence-corrected chi connectivity index (χ1v) is 6.64. The molecule has 4 nitrogen and oxygen atoms in total. The number of carbonyl (C=O) groups is 1. The lowest BCUT2D eigenvalue weighted by Gasteiger charge is -2.02. The van der Waals surface area contributed by atoms with Crippen LogP contribution >= 0.6 is 0 Å². The molecule has 1 aliphatic heterocycles. The molecule has 0 spiro atoms. The summed E-state index contributed by atoms with van der Waals surface area (Å²) in [5.41, 5.74) is 2.34. The van der Waals surface area contributed by atoms with E-state index >= 15 is 0 Å². The van der Waals surface area contributed by atoms with E-state index in [0.717, 1.165) is 11.1 Å². The van der Waals surface area contributed by atoms with Crippen LogP contribution in [0.1, 0.15) is 11.1 Å². The summed E-state index contributed by atoms with van der Waals surface area (Å²) in [6.07, 6.45) is 8.39. The Morgan fingerprint density at radius 2 is 1.90 bits per heavy atom. The summed E-state index contributed by atoms with van der Waals surface area (Å²) in [6, 6.07) is 13.5. The molecule has 1 saturated heterocycles. The van der Waals surface area contributed by atoms with Crippen LogP contribution in [-0.4, -0.2) is 17.2 Å². The van der Waals surface area contributed by atoms with E-state index in [1.807, 2.05) is 54.6 Å². The molecule has 1 aromatic carbocycles. The quantitative estimate of drug-likeness (QED) is 0.692. The van der Waals surface area contributed by atoms with E-state index in [1.54, 1.807) is 18.5 Å². The summed E-state index contributed by atoms with van der Waals surface area (Å²) < 4.78 is 5.24. The maximum absolute atomic E-state index is 11.8. The number of pyridine rings is 1.